The number of ether oxygens (including phenoxy) is 2. The molecule has 3 aromatic carbocycles. The van der Waals surface area contributed by atoms with Crippen LogP contribution in [0.1, 0.15) is 43.0 Å². The Morgan fingerprint density at radius 3 is 1.94 bits per heavy atom. The summed E-state index contributed by atoms with van der Waals surface area (Å²) >= 11 is 0. The van der Waals surface area contributed by atoms with Gasteiger partial charge in [-0.05, 0) is 45.7 Å². The molecule has 4 nitrogen and oxygen atoms in total. The van der Waals surface area contributed by atoms with Gasteiger partial charge in [-0.2, -0.15) is 0 Å². The maximum Gasteiger partial charge on any atom is 0.123 e. The first-order valence-electron chi connectivity index (χ1n) is 11.9. The molecule has 0 unspecified atom stereocenters. The van der Waals surface area contributed by atoms with Crippen LogP contribution in [0.25, 0.3) is 0 Å². The number of nitrogens with one attached hydrogen (secondary N) is 2. The van der Waals surface area contributed by atoms with Gasteiger partial charge in [-0.25, -0.2) is 0 Å². The minimum atomic E-state index is 0.154. The van der Waals surface area contributed by atoms with Crippen LogP contribution in [0.3, 0.4) is 0 Å². The first-order valence-corrected chi connectivity index (χ1v) is 11.9. The Balaban J connectivity index is 1.41. The molecule has 1 aliphatic rings. The van der Waals surface area contributed by atoms with Crippen molar-refractivity contribution < 1.29 is 9.47 Å². The van der Waals surface area contributed by atoms with Gasteiger partial charge in [0, 0.05) is 32.2 Å². The zero-order valence-corrected chi connectivity index (χ0v) is 20.1. The summed E-state index contributed by atoms with van der Waals surface area (Å²) in [4.78, 5) is 0. The van der Waals surface area contributed by atoms with Crippen molar-refractivity contribution in [1.82, 2.24) is 10.6 Å². The average molecular weight is 445 g/mol. The van der Waals surface area contributed by atoms with E-state index < -0.39 is 0 Å². The standard InChI is InChI=1S/C29H36N2O2/c1-29(2,3)26-11-9-23(10-12-26)21-33-28-14-24(16-30-17-25-18-31-19-25)13-27(15-28)32-20-22-7-5-4-6-8-22/h4-15,25,30-31H,16-21H2,1-3H3. The van der Waals surface area contributed by atoms with Crippen molar-refractivity contribution in [2.45, 2.75) is 45.9 Å². The van der Waals surface area contributed by atoms with Crippen LogP contribution in [0.4, 0.5) is 0 Å². The van der Waals surface area contributed by atoms with Crippen molar-refractivity contribution in [3.8, 4) is 11.5 Å². The molecular formula is C29H36N2O2. The van der Waals surface area contributed by atoms with E-state index in [1.54, 1.807) is 0 Å². The Morgan fingerprint density at radius 2 is 1.39 bits per heavy atom. The molecule has 0 aromatic heterocycles. The molecule has 1 fully saturated rings. The Bertz CT molecular complexity index is 1010. The first-order chi connectivity index (χ1) is 16.0. The topological polar surface area (TPSA) is 42.5 Å². The fraction of sp³-hybridized carbons (Fsp3) is 0.379. The van der Waals surface area contributed by atoms with E-state index in [1.807, 2.05) is 24.3 Å². The van der Waals surface area contributed by atoms with Crippen LogP contribution in [0.2, 0.25) is 0 Å². The van der Waals surface area contributed by atoms with Gasteiger partial charge in [0.2, 0.25) is 0 Å². The molecule has 0 aliphatic carbocycles. The molecule has 1 saturated heterocycles. The van der Waals surface area contributed by atoms with Crippen molar-refractivity contribution in [3.05, 3.63) is 95.1 Å². The fourth-order valence-electron chi connectivity index (χ4n) is 3.82. The molecule has 2 N–H and O–H groups in total. The summed E-state index contributed by atoms with van der Waals surface area (Å²) < 4.78 is 12.3. The van der Waals surface area contributed by atoms with Gasteiger partial charge in [0.05, 0.1) is 0 Å². The number of benzene rings is 3. The van der Waals surface area contributed by atoms with Crippen LogP contribution in [-0.2, 0) is 25.2 Å². The molecule has 0 atom stereocenters. The predicted molar refractivity (Wildman–Crippen MR) is 135 cm³/mol. The van der Waals surface area contributed by atoms with E-state index >= 15 is 0 Å². The van der Waals surface area contributed by atoms with Crippen molar-refractivity contribution in [2.75, 3.05) is 19.6 Å². The molecule has 33 heavy (non-hydrogen) atoms. The number of hydrogen-bond donors (Lipinski definition) is 2. The van der Waals surface area contributed by atoms with Crippen LogP contribution >= 0.6 is 0 Å². The molecule has 0 saturated carbocycles. The van der Waals surface area contributed by atoms with E-state index in [-0.39, 0.29) is 5.41 Å². The van der Waals surface area contributed by atoms with Crippen molar-refractivity contribution in [2.24, 2.45) is 5.92 Å². The molecule has 4 rings (SSSR count). The molecule has 1 heterocycles. The summed E-state index contributed by atoms with van der Waals surface area (Å²) in [6.45, 7) is 11.8. The highest BCUT2D eigenvalue weighted by molar-refractivity contribution is 5.39. The largest absolute Gasteiger partial charge is 0.489 e. The predicted octanol–water partition coefficient (Wildman–Crippen LogP) is 5.45. The molecule has 1 aliphatic heterocycles. The van der Waals surface area contributed by atoms with Crippen molar-refractivity contribution in [3.63, 3.8) is 0 Å². The van der Waals surface area contributed by atoms with E-state index in [0.717, 1.165) is 54.7 Å². The lowest BCUT2D eigenvalue weighted by molar-refractivity contribution is 0.289. The Hall–Kier alpha value is -2.82. The highest BCUT2D eigenvalue weighted by Gasteiger charge is 2.16. The third kappa shape index (κ3) is 7.08. The third-order valence-electron chi connectivity index (χ3n) is 6.04. The highest BCUT2D eigenvalue weighted by atomic mass is 16.5. The van der Waals surface area contributed by atoms with Gasteiger partial charge in [0.15, 0.2) is 0 Å². The van der Waals surface area contributed by atoms with Gasteiger partial charge < -0.3 is 20.1 Å². The van der Waals surface area contributed by atoms with E-state index in [1.165, 1.54) is 11.1 Å². The Kier molecular flexibility index (Phi) is 7.69. The number of rotatable bonds is 10. The smallest absolute Gasteiger partial charge is 0.123 e. The molecular weight excluding hydrogens is 408 g/mol. The maximum absolute atomic E-state index is 6.19. The zero-order valence-electron chi connectivity index (χ0n) is 20.1. The number of hydrogen-bond acceptors (Lipinski definition) is 4. The highest BCUT2D eigenvalue weighted by Crippen LogP contribution is 2.26. The second-order valence-electron chi connectivity index (χ2n) is 9.98. The van der Waals surface area contributed by atoms with Crippen molar-refractivity contribution in [1.29, 1.82) is 0 Å². The molecule has 0 radical (unpaired) electrons. The quantitative estimate of drug-likeness (QED) is 0.436. The lowest BCUT2D eigenvalue weighted by Gasteiger charge is -2.27. The van der Waals surface area contributed by atoms with Gasteiger partial charge in [-0.15, -0.1) is 0 Å². The Labute approximate surface area is 198 Å². The van der Waals surface area contributed by atoms with E-state index in [4.69, 9.17) is 9.47 Å². The van der Waals surface area contributed by atoms with E-state index in [9.17, 15) is 0 Å². The van der Waals surface area contributed by atoms with Crippen LogP contribution in [-0.4, -0.2) is 19.6 Å². The minimum absolute atomic E-state index is 0.154. The van der Waals surface area contributed by atoms with Crippen molar-refractivity contribution >= 4 is 0 Å². The molecule has 0 amide bonds. The molecule has 4 heteroatoms. The van der Waals surface area contributed by atoms with Crippen LogP contribution in [0, 0.1) is 5.92 Å². The summed E-state index contributed by atoms with van der Waals surface area (Å²) in [6.07, 6.45) is 0. The van der Waals surface area contributed by atoms with E-state index in [2.05, 4.69) is 79.9 Å². The first kappa shape index (κ1) is 23.3. The van der Waals surface area contributed by atoms with Gasteiger partial charge in [-0.1, -0.05) is 75.4 Å². The monoisotopic (exact) mass is 444 g/mol. The average Bonchev–Trinajstić information content (AvgIpc) is 2.78. The summed E-state index contributed by atoms with van der Waals surface area (Å²) in [6, 6.07) is 25.2. The lowest BCUT2D eigenvalue weighted by atomic mass is 9.87. The lowest BCUT2D eigenvalue weighted by Crippen LogP contribution is -2.47. The van der Waals surface area contributed by atoms with Crippen LogP contribution in [0.5, 0.6) is 11.5 Å². The normalized spacial score (nSPS) is 14.0. The molecule has 3 aromatic rings. The van der Waals surface area contributed by atoms with Gasteiger partial charge in [0.25, 0.3) is 0 Å². The summed E-state index contributed by atoms with van der Waals surface area (Å²) in [5.41, 5.74) is 4.97. The SMILES string of the molecule is CC(C)(C)c1ccc(COc2cc(CNCC3CNC3)cc(OCc3ccccc3)c2)cc1. The van der Waals surface area contributed by atoms with Crippen LogP contribution < -0.4 is 20.1 Å². The second-order valence-corrected chi connectivity index (χ2v) is 9.98. The Morgan fingerprint density at radius 1 is 0.788 bits per heavy atom. The minimum Gasteiger partial charge on any atom is -0.489 e. The molecule has 174 valence electrons. The summed E-state index contributed by atoms with van der Waals surface area (Å²) in [5.74, 6) is 2.40. The summed E-state index contributed by atoms with van der Waals surface area (Å²) in [5, 5.41) is 6.90. The van der Waals surface area contributed by atoms with Gasteiger partial charge >= 0.3 is 0 Å². The van der Waals surface area contributed by atoms with Crippen LogP contribution in [0.15, 0.2) is 72.8 Å². The molecule has 0 bridgehead atoms. The molecule has 0 spiro atoms. The zero-order chi connectivity index (χ0) is 23.1. The summed E-state index contributed by atoms with van der Waals surface area (Å²) in [7, 11) is 0. The third-order valence-corrected chi connectivity index (χ3v) is 6.04. The maximum atomic E-state index is 6.19. The second kappa shape index (κ2) is 10.9. The van der Waals surface area contributed by atoms with E-state index in [0.29, 0.717) is 13.2 Å². The van der Waals surface area contributed by atoms with Gasteiger partial charge in [-0.3, -0.25) is 0 Å². The van der Waals surface area contributed by atoms with Gasteiger partial charge in [0.1, 0.15) is 24.7 Å². The fourth-order valence-corrected chi connectivity index (χ4v) is 3.82.